The summed E-state index contributed by atoms with van der Waals surface area (Å²) in [6, 6.07) is 2.98. The number of nitrogens with zero attached hydrogens (tertiary/aromatic N) is 4. The van der Waals surface area contributed by atoms with Gasteiger partial charge in [-0.25, -0.2) is 19.7 Å². The first-order valence-electron chi connectivity index (χ1n) is 7.50. The molecule has 0 aromatic carbocycles. The molecule has 4 aromatic rings. The van der Waals surface area contributed by atoms with Crippen LogP contribution in [0.5, 0.6) is 0 Å². The number of rotatable bonds is 4. The third-order valence-corrected chi connectivity index (χ3v) is 5.50. The molecule has 0 aliphatic carbocycles. The largest absolute Gasteiger partial charge is 0.336 e. The van der Waals surface area contributed by atoms with Crippen LogP contribution in [0.15, 0.2) is 34.8 Å². The van der Waals surface area contributed by atoms with Crippen molar-refractivity contribution in [3.05, 3.63) is 45.5 Å². The fraction of sp³-hybridized carbons (Fsp3) is 0.133. The molecule has 4 heterocycles. The predicted molar refractivity (Wildman–Crippen MR) is 103 cm³/mol. The van der Waals surface area contributed by atoms with E-state index < -0.39 is 6.03 Å². The maximum Gasteiger partial charge on any atom is 0.321 e. The second-order valence-corrected chi connectivity index (χ2v) is 7.57. The summed E-state index contributed by atoms with van der Waals surface area (Å²) in [5.41, 5.74) is 0.556. The maximum atomic E-state index is 12.3. The van der Waals surface area contributed by atoms with Crippen LogP contribution in [0, 0.1) is 0 Å². The van der Waals surface area contributed by atoms with Crippen LogP contribution in [-0.4, -0.2) is 32.1 Å². The summed E-state index contributed by atoms with van der Waals surface area (Å²) in [6.07, 6.45) is 3.10. The van der Waals surface area contributed by atoms with Gasteiger partial charge in [-0.05, 0) is 11.4 Å². The molecule has 0 atom stereocenters. The van der Waals surface area contributed by atoms with Crippen molar-refractivity contribution in [2.45, 2.75) is 6.54 Å². The van der Waals surface area contributed by atoms with Crippen LogP contribution >= 0.6 is 34.3 Å². The Bertz CT molecular complexity index is 1170. The lowest BCUT2D eigenvalue weighted by atomic mass is 10.4. The maximum absolute atomic E-state index is 12.3. The Morgan fingerprint density at radius 3 is 3.12 bits per heavy atom. The molecule has 4 aromatic heterocycles. The zero-order valence-electron chi connectivity index (χ0n) is 13.1. The number of carbonyl (C=O) groups is 1. The molecule has 0 aliphatic heterocycles. The highest BCUT2D eigenvalue weighted by Gasteiger charge is 2.09. The number of nitrogens with one attached hydrogen (secondary N) is 2. The first kappa shape index (κ1) is 16.9. The van der Waals surface area contributed by atoms with E-state index in [2.05, 4.69) is 25.6 Å². The van der Waals surface area contributed by atoms with Crippen LogP contribution in [0.3, 0.4) is 0 Å². The van der Waals surface area contributed by atoms with Crippen LogP contribution in [0.1, 0.15) is 0 Å². The zero-order valence-corrected chi connectivity index (χ0v) is 15.5. The fourth-order valence-electron chi connectivity index (χ4n) is 2.35. The molecular weight excluding hydrogens is 396 g/mol. The van der Waals surface area contributed by atoms with Crippen molar-refractivity contribution in [1.29, 1.82) is 0 Å². The van der Waals surface area contributed by atoms with Gasteiger partial charge in [0.1, 0.15) is 9.98 Å². The molecule has 0 bridgehead atoms. The van der Waals surface area contributed by atoms with Gasteiger partial charge in [-0.3, -0.25) is 14.7 Å². The molecule has 2 N–H and O–H groups in total. The number of hydrogen-bond donors (Lipinski definition) is 2. The van der Waals surface area contributed by atoms with E-state index in [1.807, 2.05) is 5.38 Å². The molecule has 0 fully saturated rings. The molecule has 26 heavy (non-hydrogen) atoms. The van der Waals surface area contributed by atoms with Gasteiger partial charge in [0, 0.05) is 25.4 Å². The third kappa shape index (κ3) is 3.39. The minimum atomic E-state index is -0.402. The van der Waals surface area contributed by atoms with Gasteiger partial charge >= 0.3 is 6.03 Å². The van der Waals surface area contributed by atoms with Crippen molar-refractivity contribution in [2.24, 2.45) is 0 Å². The Labute approximate surface area is 159 Å². The molecule has 0 spiro atoms. The molecule has 4 rings (SSSR count). The molecule has 2 amide bonds. The molecular formula is C15H11ClN6O2S2. The molecule has 0 unspecified atom stereocenters. The average Bonchev–Trinajstić information content (AvgIpc) is 3.23. The smallest absolute Gasteiger partial charge is 0.321 e. The number of pyridine rings is 1. The lowest BCUT2D eigenvalue weighted by Crippen LogP contribution is -2.33. The summed E-state index contributed by atoms with van der Waals surface area (Å²) in [5.74, 6) is 0. The van der Waals surface area contributed by atoms with Crippen LogP contribution < -0.4 is 16.2 Å². The summed E-state index contributed by atoms with van der Waals surface area (Å²) >= 11 is 8.54. The standard InChI is InChI=1S/C15H11ClN6O2S2/c16-11-5-9-10(6-18-11)26-15(20-9)21-14(24)17-2-3-22-7-19-12-8(13(22)23)1-4-25-12/h1,4-7H,2-3H2,(H2,17,20,21,24). The van der Waals surface area contributed by atoms with Crippen LogP contribution in [0.25, 0.3) is 20.4 Å². The predicted octanol–water partition coefficient (Wildman–Crippen LogP) is 2.94. The normalized spacial score (nSPS) is 11.1. The summed E-state index contributed by atoms with van der Waals surface area (Å²) < 4.78 is 2.30. The molecule has 0 aliphatic rings. The second kappa shape index (κ2) is 6.98. The van der Waals surface area contributed by atoms with Crippen LogP contribution in [0.2, 0.25) is 5.15 Å². The van der Waals surface area contributed by atoms with E-state index in [0.717, 1.165) is 4.70 Å². The monoisotopic (exact) mass is 406 g/mol. The minimum Gasteiger partial charge on any atom is -0.336 e. The Morgan fingerprint density at radius 2 is 2.23 bits per heavy atom. The van der Waals surface area contributed by atoms with Crippen molar-refractivity contribution in [3.63, 3.8) is 0 Å². The lowest BCUT2D eigenvalue weighted by Gasteiger charge is -2.07. The van der Waals surface area contributed by atoms with E-state index in [4.69, 9.17) is 11.6 Å². The summed E-state index contributed by atoms with van der Waals surface area (Å²) in [4.78, 5) is 37.5. The van der Waals surface area contributed by atoms with Gasteiger partial charge in [-0.1, -0.05) is 22.9 Å². The number of halogens is 1. The fourth-order valence-corrected chi connectivity index (χ4v) is 4.03. The van der Waals surface area contributed by atoms with Crippen molar-refractivity contribution < 1.29 is 4.79 Å². The molecule has 0 saturated heterocycles. The quantitative estimate of drug-likeness (QED) is 0.507. The van der Waals surface area contributed by atoms with E-state index in [1.54, 1.807) is 18.3 Å². The number of urea groups is 1. The van der Waals surface area contributed by atoms with E-state index >= 15 is 0 Å². The number of thiazole rings is 1. The molecule has 0 radical (unpaired) electrons. The number of aromatic nitrogens is 4. The first-order chi connectivity index (χ1) is 12.6. The highest BCUT2D eigenvalue weighted by Crippen LogP contribution is 2.26. The van der Waals surface area contributed by atoms with Gasteiger partial charge in [0.2, 0.25) is 0 Å². The van der Waals surface area contributed by atoms with Crippen molar-refractivity contribution >= 4 is 65.9 Å². The van der Waals surface area contributed by atoms with Gasteiger partial charge in [-0.15, -0.1) is 11.3 Å². The summed E-state index contributed by atoms with van der Waals surface area (Å²) in [7, 11) is 0. The third-order valence-electron chi connectivity index (χ3n) is 3.55. The van der Waals surface area contributed by atoms with E-state index in [9.17, 15) is 9.59 Å². The zero-order chi connectivity index (χ0) is 18.1. The average molecular weight is 407 g/mol. The van der Waals surface area contributed by atoms with Crippen molar-refractivity contribution in [3.8, 4) is 0 Å². The Hall–Kier alpha value is -2.56. The number of amides is 2. The van der Waals surface area contributed by atoms with Gasteiger partial charge in [-0.2, -0.15) is 0 Å². The minimum absolute atomic E-state index is 0.117. The van der Waals surface area contributed by atoms with Gasteiger partial charge in [0.25, 0.3) is 5.56 Å². The van der Waals surface area contributed by atoms with Crippen molar-refractivity contribution in [2.75, 3.05) is 11.9 Å². The highest BCUT2D eigenvalue weighted by molar-refractivity contribution is 7.22. The van der Waals surface area contributed by atoms with Crippen LogP contribution in [0.4, 0.5) is 9.93 Å². The Balaban J connectivity index is 1.37. The number of fused-ring (bicyclic) bond motifs is 2. The van der Waals surface area contributed by atoms with Crippen molar-refractivity contribution in [1.82, 2.24) is 24.8 Å². The number of carbonyl (C=O) groups excluding carboxylic acids is 1. The van der Waals surface area contributed by atoms with E-state index in [-0.39, 0.29) is 12.1 Å². The van der Waals surface area contributed by atoms with Crippen LogP contribution in [-0.2, 0) is 6.54 Å². The highest BCUT2D eigenvalue weighted by atomic mass is 35.5. The molecule has 11 heteroatoms. The summed E-state index contributed by atoms with van der Waals surface area (Å²) in [6.45, 7) is 0.603. The lowest BCUT2D eigenvalue weighted by molar-refractivity contribution is 0.251. The molecule has 0 saturated carbocycles. The van der Waals surface area contributed by atoms with Gasteiger partial charge in [0.15, 0.2) is 5.13 Å². The molecule has 132 valence electrons. The summed E-state index contributed by atoms with van der Waals surface area (Å²) in [5, 5.41) is 8.56. The SMILES string of the molecule is O=C(NCCn1cnc2sccc2c1=O)Nc1nc2cc(Cl)ncc2s1. The van der Waals surface area contributed by atoms with Gasteiger partial charge < -0.3 is 5.32 Å². The topological polar surface area (TPSA) is 102 Å². The second-order valence-electron chi connectivity index (χ2n) is 5.26. The first-order valence-corrected chi connectivity index (χ1v) is 9.57. The van der Waals surface area contributed by atoms with E-state index in [0.29, 0.717) is 32.6 Å². The number of anilines is 1. The number of hydrogen-bond acceptors (Lipinski definition) is 7. The Kier molecular flexibility index (Phi) is 4.53. The molecule has 8 nitrogen and oxygen atoms in total. The number of thiophene rings is 1. The Morgan fingerprint density at radius 1 is 1.35 bits per heavy atom. The van der Waals surface area contributed by atoms with Gasteiger partial charge in [0.05, 0.1) is 21.9 Å². The van der Waals surface area contributed by atoms with E-state index in [1.165, 1.54) is 33.6 Å².